The number of rotatable bonds is 2. The summed E-state index contributed by atoms with van der Waals surface area (Å²) >= 11 is 0. The van der Waals surface area contributed by atoms with E-state index in [2.05, 4.69) is 30.4 Å². The third kappa shape index (κ3) is 2.06. The van der Waals surface area contributed by atoms with Gasteiger partial charge in [0.05, 0.1) is 12.5 Å². The molecule has 1 heterocycles. The number of nitrogens with zero attached hydrogens (tertiary/aromatic N) is 1. The van der Waals surface area contributed by atoms with Crippen molar-refractivity contribution in [3.05, 3.63) is 34.9 Å². The molecule has 2 atom stereocenters. The van der Waals surface area contributed by atoms with Gasteiger partial charge in [-0.25, -0.2) is 0 Å². The highest BCUT2D eigenvalue weighted by Gasteiger charge is 2.38. The summed E-state index contributed by atoms with van der Waals surface area (Å²) in [4.78, 5) is 24.7. The molecule has 0 saturated carbocycles. The van der Waals surface area contributed by atoms with Gasteiger partial charge >= 0.3 is 0 Å². The van der Waals surface area contributed by atoms with Crippen LogP contribution in [0.2, 0.25) is 0 Å². The van der Waals surface area contributed by atoms with Crippen LogP contribution in [0.25, 0.3) is 0 Å². The Bertz CT molecular complexity index is 553. The Morgan fingerprint density at radius 1 is 1.26 bits per heavy atom. The SMILES string of the molecule is Cc1ccc2c(c1)C(NC1CC(=O)N(C)C1=O)CC2. The summed E-state index contributed by atoms with van der Waals surface area (Å²) in [5, 5.41) is 3.36. The normalized spacial score (nSPS) is 26.1. The average molecular weight is 258 g/mol. The van der Waals surface area contributed by atoms with Gasteiger partial charge in [0.15, 0.2) is 0 Å². The van der Waals surface area contributed by atoms with E-state index in [0.717, 1.165) is 12.8 Å². The van der Waals surface area contributed by atoms with Crippen molar-refractivity contribution < 1.29 is 9.59 Å². The van der Waals surface area contributed by atoms with Crippen molar-refractivity contribution in [2.24, 2.45) is 0 Å². The molecule has 1 aromatic rings. The molecule has 2 aliphatic rings. The second-order valence-corrected chi connectivity index (χ2v) is 5.51. The van der Waals surface area contributed by atoms with E-state index in [1.54, 1.807) is 7.05 Å². The zero-order chi connectivity index (χ0) is 13.6. The van der Waals surface area contributed by atoms with E-state index in [-0.39, 0.29) is 30.3 Å². The Morgan fingerprint density at radius 2 is 2.05 bits per heavy atom. The van der Waals surface area contributed by atoms with Crippen molar-refractivity contribution in [1.82, 2.24) is 10.2 Å². The lowest BCUT2D eigenvalue weighted by molar-refractivity contribution is -0.137. The van der Waals surface area contributed by atoms with Crippen LogP contribution in [0.4, 0.5) is 0 Å². The fraction of sp³-hybridized carbons (Fsp3) is 0.467. The van der Waals surface area contributed by atoms with Crippen LogP contribution < -0.4 is 5.32 Å². The lowest BCUT2D eigenvalue weighted by atomic mass is 10.0. The third-order valence-corrected chi connectivity index (χ3v) is 4.16. The van der Waals surface area contributed by atoms with Gasteiger partial charge in [-0.15, -0.1) is 0 Å². The quantitative estimate of drug-likeness (QED) is 0.814. The molecule has 100 valence electrons. The number of likely N-dealkylation sites (N-methyl/N-ethyl adjacent to an activating group) is 1. The molecule has 1 aromatic carbocycles. The van der Waals surface area contributed by atoms with Crippen LogP contribution in [-0.2, 0) is 16.0 Å². The molecular formula is C15H18N2O2. The molecule has 2 unspecified atom stereocenters. The van der Waals surface area contributed by atoms with Crippen molar-refractivity contribution >= 4 is 11.8 Å². The smallest absolute Gasteiger partial charge is 0.246 e. The molecule has 4 nitrogen and oxygen atoms in total. The maximum absolute atomic E-state index is 11.9. The van der Waals surface area contributed by atoms with E-state index in [9.17, 15) is 9.59 Å². The summed E-state index contributed by atoms with van der Waals surface area (Å²) in [6, 6.07) is 6.32. The Kier molecular flexibility index (Phi) is 2.90. The minimum Gasteiger partial charge on any atom is -0.298 e. The molecule has 2 amide bonds. The van der Waals surface area contributed by atoms with Gasteiger partial charge < -0.3 is 0 Å². The van der Waals surface area contributed by atoms with Crippen LogP contribution in [0.15, 0.2) is 18.2 Å². The second kappa shape index (κ2) is 4.46. The number of hydrogen-bond acceptors (Lipinski definition) is 3. The van der Waals surface area contributed by atoms with Crippen LogP contribution in [0, 0.1) is 6.92 Å². The Morgan fingerprint density at radius 3 is 2.74 bits per heavy atom. The van der Waals surface area contributed by atoms with Gasteiger partial charge in [0.25, 0.3) is 0 Å². The Balaban J connectivity index is 1.78. The molecule has 0 bridgehead atoms. The van der Waals surface area contributed by atoms with Gasteiger partial charge in [-0.2, -0.15) is 0 Å². The number of imide groups is 1. The Labute approximate surface area is 112 Å². The van der Waals surface area contributed by atoms with Crippen LogP contribution >= 0.6 is 0 Å². The minimum atomic E-state index is -0.353. The molecule has 0 spiro atoms. The average Bonchev–Trinajstić information content (AvgIpc) is 2.88. The van der Waals surface area contributed by atoms with E-state index in [1.165, 1.54) is 21.6 Å². The van der Waals surface area contributed by atoms with Crippen molar-refractivity contribution in [2.75, 3.05) is 7.05 Å². The zero-order valence-electron chi connectivity index (χ0n) is 11.3. The summed E-state index contributed by atoms with van der Waals surface area (Å²) in [7, 11) is 1.55. The van der Waals surface area contributed by atoms with Crippen LogP contribution in [0.5, 0.6) is 0 Å². The monoisotopic (exact) mass is 258 g/mol. The van der Waals surface area contributed by atoms with Gasteiger partial charge in [-0.1, -0.05) is 23.8 Å². The molecule has 1 fully saturated rings. The lowest BCUT2D eigenvalue weighted by Gasteiger charge is -2.18. The topological polar surface area (TPSA) is 49.4 Å². The molecule has 4 heteroatoms. The molecule has 19 heavy (non-hydrogen) atoms. The summed E-state index contributed by atoms with van der Waals surface area (Å²) in [5.74, 6) is -0.198. The predicted molar refractivity (Wildman–Crippen MR) is 71.6 cm³/mol. The molecule has 1 aliphatic carbocycles. The molecule has 3 rings (SSSR count). The van der Waals surface area contributed by atoms with E-state index in [0.29, 0.717) is 0 Å². The first-order valence-electron chi connectivity index (χ1n) is 6.72. The van der Waals surface area contributed by atoms with Gasteiger partial charge in [0.1, 0.15) is 0 Å². The van der Waals surface area contributed by atoms with Gasteiger partial charge in [0, 0.05) is 13.1 Å². The number of hydrogen-bond donors (Lipinski definition) is 1. The first kappa shape index (κ1) is 12.4. The largest absolute Gasteiger partial charge is 0.298 e. The molecule has 1 N–H and O–H groups in total. The molecule has 0 aromatic heterocycles. The number of carbonyl (C=O) groups excluding carboxylic acids is 2. The highest BCUT2D eigenvalue weighted by molar-refractivity contribution is 6.05. The van der Waals surface area contributed by atoms with E-state index >= 15 is 0 Å². The van der Waals surface area contributed by atoms with Crippen molar-refractivity contribution in [1.29, 1.82) is 0 Å². The van der Waals surface area contributed by atoms with Crippen LogP contribution in [0.3, 0.4) is 0 Å². The number of nitrogens with one attached hydrogen (secondary N) is 1. The fourth-order valence-corrected chi connectivity index (χ4v) is 3.02. The maximum Gasteiger partial charge on any atom is 0.246 e. The summed E-state index contributed by atoms with van der Waals surface area (Å²) in [6.07, 6.45) is 2.32. The number of likely N-dealkylation sites (tertiary alicyclic amines) is 1. The first-order chi connectivity index (χ1) is 9.06. The van der Waals surface area contributed by atoms with Gasteiger partial charge in [-0.3, -0.25) is 19.8 Å². The van der Waals surface area contributed by atoms with Gasteiger partial charge in [-0.05, 0) is 30.9 Å². The lowest BCUT2D eigenvalue weighted by Crippen LogP contribution is -2.38. The van der Waals surface area contributed by atoms with Gasteiger partial charge in [0.2, 0.25) is 11.8 Å². The summed E-state index contributed by atoms with van der Waals surface area (Å²) < 4.78 is 0. The van der Waals surface area contributed by atoms with Crippen LogP contribution in [0.1, 0.15) is 35.6 Å². The van der Waals surface area contributed by atoms with Crippen molar-refractivity contribution in [2.45, 2.75) is 38.3 Å². The summed E-state index contributed by atoms with van der Waals surface area (Å²) in [6.45, 7) is 2.08. The molecular weight excluding hydrogens is 240 g/mol. The number of carbonyl (C=O) groups is 2. The summed E-state index contributed by atoms with van der Waals surface area (Å²) in [5.41, 5.74) is 3.88. The van der Waals surface area contributed by atoms with E-state index in [1.807, 2.05) is 0 Å². The van der Waals surface area contributed by atoms with E-state index in [4.69, 9.17) is 0 Å². The number of aryl methyl sites for hydroxylation is 2. The maximum atomic E-state index is 11.9. The highest BCUT2D eigenvalue weighted by Crippen LogP contribution is 2.32. The predicted octanol–water partition coefficient (Wildman–Crippen LogP) is 1.33. The molecule has 0 radical (unpaired) electrons. The minimum absolute atomic E-state index is 0.0926. The van der Waals surface area contributed by atoms with E-state index < -0.39 is 0 Å². The number of fused-ring (bicyclic) bond motifs is 1. The molecule has 1 aliphatic heterocycles. The molecule has 1 saturated heterocycles. The number of benzene rings is 1. The fourth-order valence-electron chi connectivity index (χ4n) is 3.02. The van der Waals surface area contributed by atoms with Crippen molar-refractivity contribution in [3.8, 4) is 0 Å². The second-order valence-electron chi connectivity index (χ2n) is 5.51. The highest BCUT2D eigenvalue weighted by atomic mass is 16.2. The van der Waals surface area contributed by atoms with Crippen LogP contribution in [-0.4, -0.2) is 29.8 Å². The standard InChI is InChI=1S/C15H18N2O2/c1-9-3-4-10-5-6-12(11(10)7-9)16-13-8-14(18)17(2)15(13)19/h3-4,7,12-13,16H,5-6,8H2,1-2H3. The zero-order valence-corrected chi connectivity index (χ0v) is 11.3. The Hall–Kier alpha value is -1.68. The number of amides is 2. The first-order valence-corrected chi connectivity index (χ1v) is 6.72. The van der Waals surface area contributed by atoms with Crippen molar-refractivity contribution in [3.63, 3.8) is 0 Å². The third-order valence-electron chi connectivity index (χ3n) is 4.16.